The monoisotopic (exact) mass is 284 g/mol. The quantitative estimate of drug-likeness (QED) is 0.830. The summed E-state index contributed by atoms with van der Waals surface area (Å²) in [5, 5.41) is 3.47. The Morgan fingerprint density at radius 3 is 2.76 bits per heavy atom. The molecule has 0 radical (unpaired) electrons. The van der Waals surface area contributed by atoms with Crippen molar-refractivity contribution in [1.82, 2.24) is 5.32 Å². The fraction of sp³-hybridized carbons (Fsp3) is 0.556. The molecule has 2 saturated heterocycles. The van der Waals surface area contributed by atoms with Gasteiger partial charge in [0.25, 0.3) is 0 Å². The van der Waals surface area contributed by atoms with E-state index in [0.717, 1.165) is 32.4 Å². The number of nitrogens with two attached hydrogens (primary N) is 1. The number of benzene rings is 1. The van der Waals surface area contributed by atoms with Gasteiger partial charge in [0.05, 0.1) is 12.2 Å². The minimum Gasteiger partial charge on any atom is -0.369 e. The normalized spacial score (nSPS) is 34.0. The fourth-order valence-electron chi connectivity index (χ4n) is 4.50. The molecule has 0 bridgehead atoms. The summed E-state index contributed by atoms with van der Waals surface area (Å²) < 4.78 is 6.36. The van der Waals surface area contributed by atoms with Crippen LogP contribution >= 0.6 is 0 Å². The van der Waals surface area contributed by atoms with Crippen LogP contribution in [-0.2, 0) is 11.2 Å². The van der Waals surface area contributed by atoms with Crippen LogP contribution in [0.25, 0.3) is 6.08 Å². The minimum atomic E-state index is 0.124. The van der Waals surface area contributed by atoms with Crippen LogP contribution in [0.15, 0.2) is 29.8 Å². The fourth-order valence-corrected chi connectivity index (χ4v) is 4.50. The zero-order valence-electron chi connectivity index (χ0n) is 12.6. The second kappa shape index (κ2) is 4.94. The van der Waals surface area contributed by atoms with Crippen LogP contribution < -0.4 is 11.1 Å². The maximum atomic E-state index is 6.57. The van der Waals surface area contributed by atoms with Gasteiger partial charge in [0.15, 0.2) is 0 Å². The van der Waals surface area contributed by atoms with Crippen molar-refractivity contribution in [3.63, 3.8) is 0 Å². The van der Waals surface area contributed by atoms with E-state index in [1.807, 2.05) is 0 Å². The van der Waals surface area contributed by atoms with E-state index >= 15 is 0 Å². The van der Waals surface area contributed by atoms with Gasteiger partial charge in [-0.05, 0) is 56.0 Å². The van der Waals surface area contributed by atoms with Crippen molar-refractivity contribution in [3.05, 3.63) is 41.0 Å². The highest BCUT2D eigenvalue weighted by Crippen LogP contribution is 2.49. The Morgan fingerprint density at radius 1 is 1.24 bits per heavy atom. The molecule has 0 saturated carbocycles. The average molecular weight is 284 g/mol. The van der Waals surface area contributed by atoms with E-state index in [4.69, 9.17) is 10.5 Å². The molecule has 2 aliphatic heterocycles. The summed E-state index contributed by atoms with van der Waals surface area (Å²) in [6.45, 7) is 4.25. The Labute approximate surface area is 126 Å². The summed E-state index contributed by atoms with van der Waals surface area (Å²) in [4.78, 5) is 0. The molecule has 112 valence electrons. The highest BCUT2D eigenvalue weighted by atomic mass is 16.5. The van der Waals surface area contributed by atoms with Crippen molar-refractivity contribution >= 4 is 6.08 Å². The van der Waals surface area contributed by atoms with Gasteiger partial charge in [0, 0.05) is 11.5 Å². The molecule has 3 nitrogen and oxygen atoms in total. The van der Waals surface area contributed by atoms with E-state index in [2.05, 4.69) is 42.6 Å². The smallest absolute Gasteiger partial charge is 0.0868 e. The molecule has 2 heterocycles. The molecule has 1 aliphatic carbocycles. The lowest BCUT2D eigenvalue weighted by Gasteiger charge is -2.41. The zero-order chi connectivity index (χ0) is 14.4. The first-order chi connectivity index (χ1) is 10.2. The van der Waals surface area contributed by atoms with Crippen molar-refractivity contribution in [2.24, 2.45) is 11.1 Å². The largest absolute Gasteiger partial charge is 0.369 e. The molecule has 1 aromatic rings. The van der Waals surface area contributed by atoms with Crippen LogP contribution in [0.2, 0.25) is 0 Å². The number of rotatable bonds is 1. The third kappa shape index (κ3) is 1.99. The number of hydrogen-bond donors (Lipinski definition) is 2. The molecular weight excluding hydrogens is 260 g/mol. The maximum Gasteiger partial charge on any atom is 0.0868 e. The van der Waals surface area contributed by atoms with E-state index in [1.165, 1.54) is 16.7 Å². The molecule has 0 aromatic heterocycles. The Hall–Kier alpha value is -1.16. The van der Waals surface area contributed by atoms with Gasteiger partial charge in [-0.15, -0.1) is 0 Å². The second-order valence-electron chi connectivity index (χ2n) is 6.83. The van der Waals surface area contributed by atoms with Gasteiger partial charge in [-0.3, -0.25) is 0 Å². The predicted octanol–water partition coefficient (Wildman–Crippen LogP) is 2.11. The van der Waals surface area contributed by atoms with E-state index in [0.29, 0.717) is 0 Å². The molecule has 3 atom stereocenters. The standard InChI is InChI=1S/C18H24N2O/c1-12-16(19)18(6-8-20-9-7-18)17(21-12)15-10-13-4-2-3-5-14(13)11-15/h2-5,10,12,16-17,20H,6-9,11,19H2,1H3. The third-order valence-corrected chi connectivity index (χ3v) is 5.70. The zero-order valence-corrected chi connectivity index (χ0v) is 12.6. The molecule has 1 aromatic carbocycles. The molecule has 1 spiro atoms. The Kier molecular flexibility index (Phi) is 3.18. The maximum absolute atomic E-state index is 6.57. The lowest BCUT2D eigenvalue weighted by Crippen LogP contribution is -2.52. The van der Waals surface area contributed by atoms with Gasteiger partial charge >= 0.3 is 0 Å². The third-order valence-electron chi connectivity index (χ3n) is 5.70. The molecule has 3 N–H and O–H groups in total. The number of nitrogens with one attached hydrogen (secondary N) is 1. The van der Waals surface area contributed by atoms with Gasteiger partial charge in [-0.2, -0.15) is 0 Å². The molecule has 0 amide bonds. The second-order valence-corrected chi connectivity index (χ2v) is 6.83. The topological polar surface area (TPSA) is 47.3 Å². The van der Waals surface area contributed by atoms with Crippen LogP contribution in [0.1, 0.15) is 30.9 Å². The Bertz CT molecular complexity index is 574. The van der Waals surface area contributed by atoms with Crippen molar-refractivity contribution < 1.29 is 4.74 Å². The molecule has 2 fully saturated rings. The van der Waals surface area contributed by atoms with Crippen molar-refractivity contribution in [1.29, 1.82) is 0 Å². The van der Waals surface area contributed by atoms with Crippen LogP contribution in [0.4, 0.5) is 0 Å². The molecular formula is C18H24N2O. The van der Waals surface area contributed by atoms with Crippen LogP contribution in [-0.4, -0.2) is 31.3 Å². The molecule has 3 unspecified atom stereocenters. The molecule has 21 heavy (non-hydrogen) atoms. The molecule has 3 aliphatic rings. The van der Waals surface area contributed by atoms with Crippen molar-refractivity contribution in [2.75, 3.05) is 13.1 Å². The summed E-state index contributed by atoms with van der Waals surface area (Å²) in [6.07, 6.45) is 5.95. The predicted molar refractivity (Wildman–Crippen MR) is 85.0 cm³/mol. The van der Waals surface area contributed by atoms with E-state index in [-0.39, 0.29) is 23.7 Å². The van der Waals surface area contributed by atoms with Crippen molar-refractivity contribution in [2.45, 2.75) is 44.4 Å². The summed E-state index contributed by atoms with van der Waals surface area (Å²) >= 11 is 0. The van der Waals surface area contributed by atoms with E-state index < -0.39 is 0 Å². The first-order valence-corrected chi connectivity index (χ1v) is 8.11. The van der Waals surface area contributed by atoms with Gasteiger partial charge in [0.1, 0.15) is 0 Å². The average Bonchev–Trinajstić information content (AvgIpc) is 3.04. The summed E-state index contributed by atoms with van der Waals surface area (Å²) in [7, 11) is 0. The summed E-state index contributed by atoms with van der Waals surface area (Å²) in [5.74, 6) is 0. The number of hydrogen-bond acceptors (Lipinski definition) is 3. The SMILES string of the molecule is CC1OC(C2=Cc3ccccc3C2)C2(CCNCC2)C1N. The Morgan fingerprint density at radius 2 is 2.00 bits per heavy atom. The molecule has 4 rings (SSSR count). The first-order valence-electron chi connectivity index (χ1n) is 8.11. The van der Waals surface area contributed by atoms with Gasteiger partial charge in [-0.25, -0.2) is 0 Å². The molecule has 3 heteroatoms. The number of piperidine rings is 1. The van der Waals surface area contributed by atoms with E-state index in [1.54, 1.807) is 0 Å². The van der Waals surface area contributed by atoms with Gasteiger partial charge in [-0.1, -0.05) is 30.3 Å². The Balaban J connectivity index is 1.68. The van der Waals surface area contributed by atoms with Crippen LogP contribution in [0.3, 0.4) is 0 Å². The number of ether oxygens (including phenoxy) is 1. The number of fused-ring (bicyclic) bond motifs is 1. The summed E-state index contributed by atoms with van der Waals surface area (Å²) in [5.41, 5.74) is 10.9. The van der Waals surface area contributed by atoms with Crippen molar-refractivity contribution in [3.8, 4) is 0 Å². The van der Waals surface area contributed by atoms with Gasteiger partial charge in [0.2, 0.25) is 0 Å². The minimum absolute atomic E-state index is 0.124. The lowest BCUT2D eigenvalue weighted by atomic mass is 9.67. The first kappa shape index (κ1) is 13.5. The van der Waals surface area contributed by atoms with E-state index in [9.17, 15) is 0 Å². The lowest BCUT2D eigenvalue weighted by molar-refractivity contribution is 0.0318. The van der Waals surface area contributed by atoms with Crippen LogP contribution in [0, 0.1) is 5.41 Å². The highest BCUT2D eigenvalue weighted by Gasteiger charge is 2.54. The van der Waals surface area contributed by atoms with Crippen LogP contribution in [0.5, 0.6) is 0 Å². The summed E-state index contributed by atoms with van der Waals surface area (Å²) in [6, 6.07) is 8.82. The highest BCUT2D eigenvalue weighted by molar-refractivity contribution is 5.65. The van der Waals surface area contributed by atoms with Gasteiger partial charge < -0.3 is 15.8 Å².